The molecule has 0 saturated heterocycles. The molecule has 0 spiro atoms. The van der Waals surface area contributed by atoms with E-state index in [0.717, 1.165) is 11.0 Å². The lowest BCUT2D eigenvalue weighted by molar-refractivity contribution is 0.253. The van der Waals surface area contributed by atoms with Crippen LogP contribution in [0, 0.1) is 0 Å². The highest BCUT2D eigenvalue weighted by molar-refractivity contribution is 9.10. The average Bonchev–Trinajstić information content (AvgIpc) is 2.03. The van der Waals surface area contributed by atoms with E-state index in [9.17, 15) is 0 Å². The van der Waals surface area contributed by atoms with Crippen molar-refractivity contribution in [3.8, 4) is 0 Å². The maximum atomic E-state index is 5.84. The van der Waals surface area contributed by atoms with Crippen LogP contribution in [0.25, 0.3) is 0 Å². The number of nitrogens with two attached hydrogens (primary N) is 1. The third-order valence-corrected chi connectivity index (χ3v) is 3.63. The van der Waals surface area contributed by atoms with Crippen molar-refractivity contribution in [2.24, 2.45) is 5.73 Å². The fraction of sp³-hybridized carbons (Fsp3) is 0.455. The second-order valence-corrected chi connectivity index (χ2v) is 4.76. The molecule has 0 amide bonds. The summed E-state index contributed by atoms with van der Waals surface area (Å²) in [6.45, 7) is 0.781. The van der Waals surface area contributed by atoms with Gasteiger partial charge in [0.15, 0.2) is 0 Å². The van der Waals surface area contributed by atoms with Crippen LogP contribution in [0.5, 0.6) is 0 Å². The highest BCUT2D eigenvalue weighted by Gasteiger charge is 2.37. The van der Waals surface area contributed by atoms with Crippen molar-refractivity contribution in [2.45, 2.75) is 24.7 Å². The molecule has 0 aliphatic heterocycles. The van der Waals surface area contributed by atoms with E-state index in [1.165, 1.54) is 24.8 Å². The Morgan fingerprint density at radius 2 is 2.07 bits per heavy atom. The quantitative estimate of drug-likeness (QED) is 0.882. The van der Waals surface area contributed by atoms with Crippen molar-refractivity contribution in [1.29, 1.82) is 0 Å². The molecule has 0 heterocycles. The highest BCUT2D eigenvalue weighted by atomic mass is 79.9. The third kappa shape index (κ3) is 1.97. The maximum Gasteiger partial charge on any atom is 0.0178 e. The zero-order chi connectivity index (χ0) is 9.31. The zero-order valence-electron chi connectivity index (χ0n) is 8.00. The standard InChI is InChI=1S/C11H14BrN.ClH/c12-10-4-1-3-9(7-10)11(8-13)5-2-6-11;/h1,3-4,7H,2,5-6,8,13H2;1H. The van der Waals surface area contributed by atoms with Gasteiger partial charge < -0.3 is 5.73 Å². The Labute approximate surface area is 99.6 Å². The summed E-state index contributed by atoms with van der Waals surface area (Å²) in [5, 5.41) is 0. The Hall–Kier alpha value is -0.0500. The van der Waals surface area contributed by atoms with Crippen molar-refractivity contribution in [1.82, 2.24) is 0 Å². The lowest BCUT2D eigenvalue weighted by Gasteiger charge is -2.41. The van der Waals surface area contributed by atoms with Crippen LogP contribution in [0.4, 0.5) is 0 Å². The van der Waals surface area contributed by atoms with Gasteiger partial charge in [0, 0.05) is 16.4 Å². The molecule has 0 unspecified atom stereocenters. The van der Waals surface area contributed by atoms with E-state index < -0.39 is 0 Å². The SMILES string of the molecule is Cl.NCC1(c2cccc(Br)c2)CCC1. The summed E-state index contributed by atoms with van der Waals surface area (Å²) in [6, 6.07) is 8.55. The molecule has 0 radical (unpaired) electrons. The van der Waals surface area contributed by atoms with E-state index in [1.807, 2.05) is 0 Å². The molecule has 0 bridgehead atoms. The fourth-order valence-corrected chi connectivity index (χ4v) is 2.43. The summed E-state index contributed by atoms with van der Waals surface area (Å²) in [5.74, 6) is 0. The van der Waals surface area contributed by atoms with E-state index >= 15 is 0 Å². The van der Waals surface area contributed by atoms with Gasteiger partial charge >= 0.3 is 0 Å². The molecule has 0 atom stereocenters. The van der Waals surface area contributed by atoms with Crippen molar-refractivity contribution in [3.63, 3.8) is 0 Å². The van der Waals surface area contributed by atoms with Crippen LogP contribution in [0.2, 0.25) is 0 Å². The van der Waals surface area contributed by atoms with Crippen LogP contribution < -0.4 is 5.73 Å². The molecule has 1 aliphatic rings. The summed E-state index contributed by atoms with van der Waals surface area (Å²) in [7, 11) is 0. The van der Waals surface area contributed by atoms with Crippen LogP contribution in [0.15, 0.2) is 28.7 Å². The molecule has 1 saturated carbocycles. The number of benzene rings is 1. The van der Waals surface area contributed by atoms with Gasteiger partial charge in [-0.05, 0) is 30.5 Å². The number of rotatable bonds is 2. The highest BCUT2D eigenvalue weighted by Crippen LogP contribution is 2.43. The van der Waals surface area contributed by atoms with Gasteiger partial charge in [-0.1, -0.05) is 34.5 Å². The Kier molecular flexibility index (Phi) is 3.99. The van der Waals surface area contributed by atoms with Gasteiger partial charge in [-0.25, -0.2) is 0 Å². The zero-order valence-corrected chi connectivity index (χ0v) is 10.4. The Morgan fingerprint density at radius 3 is 2.50 bits per heavy atom. The van der Waals surface area contributed by atoms with Crippen molar-refractivity contribution in [2.75, 3.05) is 6.54 Å². The first-order chi connectivity index (χ1) is 6.27. The van der Waals surface area contributed by atoms with Gasteiger partial charge in [0.1, 0.15) is 0 Å². The minimum atomic E-state index is 0. The van der Waals surface area contributed by atoms with Crippen LogP contribution in [-0.2, 0) is 5.41 Å². The molecular formula is C11H15BrClN. The molecule has 14 heavy (non-hydrogen) atoms. The molecular weight excluding hydrogens is 261 g/mol. The number of halogens is 2. The molecule has 78 valence electrons. The molecule has 3 heteroatoms. The van der Waals surface area contributed by atoms with Crippen LogP contribution in [-0.4, -0.2) is 6.54 Å². The monoisotopic (exact) mass is 275 g/mol. The second kappa shape index (κ2) is 4.65. The minimum absolute atomic E-state index is 0. The summed E-state index contributed by atoms with van der Waals surface area (Å²) in [6.07, 6.45) is 3.82. The third-order valence-electron chi connectivity index (χ3n) is 3.14. The van der Waals surface area contributed by atoms with Gasteiger partial charge in [0.2, 0.25) is 0 Å². The second-order valence-electron chi connectivity index (χ2n) is 3.85. The smallest absolute Gasteiger partial charge is 0.0178 e. The topological polar surface area (TPSA) is 26.0 Å². The van der Waals surface area contributed by atoms with E-state index in [1.54, 1.807) is 0 Å². The summed E-state index contributed by atoms with van der Waals surface area (Å²) in [5.41, 5.74) is 7.53. The van der Waals surface area contributed by atoms with Gasteiger partial charge in [-0.2, -0.15) is 0 Å². The molecule has 2 rings (SSSR count). The largest absolute Gasteiger partial charge is 0.330 e. The predicted molar refractivity (Wildman–Crippen MR) is 66.0 cm³/mol. The van der Waals surface area contributed by atoms with E-state index in [0.29, 0.717) is 5.41 Å². The molecule has 1 aliphatic carbocycles. The van der Waals surface area contributed by atoms with Crippen LogP contribution in [0.1, 0.15) is 24.8 Å². The van der Waals surface area contributed by atoms with E-state index in [2.05, 4.69) is 40.2 Å². The summed E-state index contributed by atoms with van der Waals surface area (Å²) < 4.78 is 1.16. The maximum absolute atomic E-state index is 5.84. The summed E-state index contributed by atoms with van der Waals surface area (Å²) >= 11 is 3.50. The normalized spacial score (nSPS) is 18.1. The van der Waals surface area contributed by atoms with Crippen LogP contribution >= 0.6 is 28.3 Å². The molecule has 1 aromatic carbocycles. The summed E-state index contributed by atoms with van der Waals surface area (Å²) in [4.78, 5) is 0. The number of hydrogen-bond donors (Lipinski definition) is 1. The van der Waals surface area contributed by atoms with E-state index in [4.69, 9.17) is 5.73 Å². The van der Waals surface area contributed by atoms with Gasteiger partial charge in [-0.15, -0.1) is 12.4 Å². The first-order valence-electron chi connectivity index (χ1n) is 4.73. The molecule has 1 fully saturated rings. The molecule has 1 aromatic rings. The van der Waals surface area contributed by atoms with Gasteiger partial charge in [0.05, 0.1) is 0 Å². The lowest BCUT2D eigenvalue weighted by Crippen LogP contribution is -2.41. The Morgan fingerprint density at radius 1 is 1.36 bits per heavy atom. The van der Waals surface area contributed by atoms with Crippen molar-refractivity contribution < 1.29 is 0 Å². The van der Waals surface area contributed by atoms with E-state index in [-0.39, 0.29) is 12.4 Å². The van der Waals surface area contributed by atoms with Gasteiger partial charge in [0.25, 0.3) is 0 Å². The van der Waals surface area contributed by atoms with Crippen LogP contribution in [0.3, 0.4) is 0 Å². The first kappa shape index (κ1) is 12.0. The lowest BCUT2D eigenvalue weighted by atomic mass is 9.64. The fourth-order valence-electron chi connectivity index (χ4n) is 2.03. The molecule has 2 N–H and O–H groups in total. The molecule has 1 nitrogen and oxygen atoms in total. The first-order valence-corrected chi connectivity index (χ1v) is 5.52. The minimum Gasteiger partial charge on any atom is -0.330 e. The number of hydrogen-bond acceptors (Lipinski definition) is 1. The average molecular weight is 277 g/mol. The van der Waals surface area contributed by atoms with Crippen molar-refractivity contribution in [3.05, 3.63) is 34.3 Å². The van der Waals surface area contributed by atoms with Crippen molar-refractivity contribution >= 4 is 28.3 Å². The Balaban J connectivity index is 0.000000980. The Bertz CT molecular complexity index is 304. The molecule has 0 aromatic heterocycles. The van der Waals surface area contributed by atoms with Gasteiger partial charge in [-0.3, -0.25) is 0 Å². The predicted octanol–water partition coefficient (Wildman–Crippen LogP) is 3.25.